The quantitative estimate of drug-likeness (QED) is 0.870. The number of nitrogens with one attached hydrogen (secondary N) is 2. The first-order valence-electron chi connectivity index (χ1n) is 4.03. The molecule has 0 bridgehead atoms. The minimum Gasteiger partial charge on any atom is -0.374 e. The molecule has 1 aromatic carbocycles. The number of halogens is 2. The maximum Gasteiger partial charge on any atom is 0.239 e. The standard InChI is InChI=1S/C9H10BrFN2O/c1-12-9(14)5-13-8-3-2-6(10)4-7(8)11/h2-4,13H,5H2,1H3,(H,12,14). The van der Waals surface area contributed by atoms with Crippen molar-refractivity contribution >= 4 is 27.5 Å². The largest absolute Gasteiger partial charge is 0.374 e. The molecule has 0 atom stereocenters. The Bertz CT molecular complexity index is 344. The fourth-order valence-corrected chi connectivity index (χ4v) is 1.23. The summed E-state index contributed by atoms with van der Waals surface area (Å²) in [6.45, 7) is 0.0645. The van der Waals surface area contributed by atoms with Crippen LogP contribution in [-0.4, -0.2) is 19.5 Å². The van der Waals surface area contributed by atoms with Gasteiger partial charge in [-0.05, 0) is 18.2 Å². The van der Waals surface area contributed by atoms with E-state index in [0.29, 0.717) is 10.2 Å². The van der Waals surface area contributed by atoms with Gasteiger partial charge in [-0.15, -0.1) is 0 Å². The predicted molar refractivity (Wildman–Crippen MR) is 56.7 cm³/mol. The molecule has 0 saturated carbocycles. The van der Waals surface area contributed by atoms with Crippen LogP contribution in [0.3, 0.4) is 0 Å². The summed E-state index contributed by atoms with van der Waals surface area (Å²) in [5.41, 5.74) is 0.316. The van der Waals surface area contributed by atoms with E-state index >= 15 is 0 Å². The van der Waals surface area contributed by atoms with Crippen molar-refractivity contribution in [1.29, 1.82) is 0 Å². The molecule has 14 heavy (non-hydrogen) atoms. The van der Waals surface area contributed by atoms with Crippen molar-refractivity contribution in [2.75, 3.05) is 18.9 Å². The maximum absolute atomic E-state index is 13.2. The Kier molecular flexibility index (Phi) is 3.88. The third-order valence-electron chi connectivity index (χ3n) is 1.65. The summed E-state index contributed by atoms with van der Waals surface area (Å²) in [4.78, 5) is 10.9. The molecule has 0 heterocycles. The Labute approximate surface area is 89.8 Å². The van der Waals surface area contributed by atoms with Crippen molar-refractivity contribution in [1.82, 2.24) is 5.32 Å². The third kappa shape index (κ3) is 2.99. The normalized spacial score (nSPS) is 9.64. The summed E-state index contributed by atoms with van der Waals surface area (Å²) >= 11 is 3.14. The molecule has 1 rings (SSSR count). The first-order chi connectivity index (χ1) is 6.63. The number of amides is 1. The molecule has 2 N–H and O–H groups in total. The highest BCUT2D eigenvalue weighted by molar-refractivity contribution is 9.10. The van der Waals surface area contributed by atoms with Crippen LogP contribution in [0.25, 0.3) is 0 Å². The lowest BCUT2D eigenvalue weighted by Crippen LogP contribution is -2.26. The van der Waals surface area contributed by atoms with E-state index < -0.39 is 0 Å². The van der Waals surface area contributed by atoms with Gasteiger partial charge in [0.2, 0.25) is 5.91 Å². The van der Waals surface area contributed by atoms with E-state index in [-0.39, 0.29) is 18.3 Å². The number of rotatable bonds is 3. The van der Waals surface area contributed by atoms with Gasteiger partial charge < -0.3 is 10.6 Å². The van der Waals surface area contributed by atoms with E-state index in [1.54, 1.807) is 12.1 Å². The zero-order valence-corrected chi connectivity index (χ0v) is 9.19. The van der Waals surface area contributed by atoms with Crippen molar-refractivity contribution < 1.29 is 9.18 Å². The van der Waals surface area contributed by atoms with Crippen LogP contribution in [0.5, 0.6) is 0 Å². The number of carbonyl (C=O) groups is 1. The lowest BCUT2D eigenvalue weighted by molar-refractivity contribution is -0.118. The van der Waals surface area contributed by atoms with E-state index in [2.05, 4.69) is 26.6 Å². The van der Waals surface area contributed by atoms with Gasteiger partial charge in [-0.2, -0.15) is 0 Å². The second-order valence-electron chi connectivity index (χ2n) is 2.65. The van der Waals surface area contributed by atoms with Crippen molar-refractivity contribution in [2.45, 2.75) is 0 Å². The summed E-state index contributed by atoms with van der Waals surface area (Å²) in [5, 5.41) is 5.12. The highest BCUT2D eigenvalue weighted by atomic mass is 79.9. The van der Waals surface area contributed by atoms with Crippen LogP contribution < -0.4 is 10.6 Å². The van der Waals surface area contributed by atoms with Gasteiger partial charge in [-0.1, -0.05) is 15.9 Å². The summed E-state index contributed by atoms with van der Waals surface area (Å²) in [5.74, 6) is -0.574. The van der Waals surface area contributed by atoms with Crippen LogP contribution in [0.15, 0.2) is 22.7 Å². The van der Waals surface area contributed by atoms with Crippen LogP contribution in [-0.2, 0) is 4.79 Å². The van der Waals surface area contributed by atoms with Crippen LogP contribution in [0.4, 0.5) is 10.1 Å². The number of likely N-dealkylation sites (N-methyl/N-ethyl adjacent to an activating group) is 1. The molecule has 1 amide bonds. The molecular weight excluding hydrogens is 251 g/mol. The molecule has 0 fully saturated rings. The van der Waals surface area contributed by atoms with Gasteiger partial charge in [0.25, 0.3) is 0 Å². The fraction of sp³-hybridized carbons (Fsp3) is 0.222. The molecule has 1 aromatic rings. The summed E-state index contributed by atoms with van der Waals surface area (Å²) in [6.07, 6.45) is 0. The van der Waals surface area contributed by atoms with E-state index in [4.69, 9.17) is 0 Å². The van der Waals surface area contributed by atoms with Crippen molar-refractivity contribution in [2.24, 2.45) is 0 Å². The number of hydrogen-bond donors (Lipinski definition) is 2. The summed E-state index contributed by atoms with van der Waals surface area (Å²) in [7, 11) is 1.53. The SMILES string of the molecule is CNC(=O)CNc1ccc(Br)cc1F. The summed E-state index contributed by atoms with van der Waals surface area (Å²) in [6, 6.07) is 4.61. The molecule has 3 nitrogen and oxygen atoms in total. The highest BCUT2D eigenvalue weighted by Crippen LogP contribution is 2.18. The monoisotopic (exact) mass is 260 g/mol. The fourth-order valence-electron chi connectivity index (χ4n) is 0.897. The Morgan fingerprint density at radius 3 is 2.86 bits per heavy atom. The van der Waals surface area contributed by atoms with E-state index in [0.717, 1.165) is 0 Å². The molecule has 0 aliphatic carbocycles. The van der Waals surface area contributed by atoms with Gasteiger partial charge in [0, 0.05) is 11.5 Å². The highest BCUT2D eigenvalue weighted by Gasteiger charge is 2.03. The predicted octanol–water partition coefficient (Wildman–Crippen LogP) is 1.75. The van der Waals surface area contributed by atoms with Gasteiger partial charge >= 0.3 is 0 Å². The zero-order chi connectivity index (χ0) is 10.6. The lowest BCUT2D eigenvalue weighted by atomic mass is 10.3. The van der Waals surface area contributed by atoms with Crippen molar-refractivity contribution in [3.63, 3.8) is 0 Å². The number of benzene rings is 1. The first-order valence-corrected chi connectivity index (χ1v) is 4.82. The van der Waals surface area contributed by atoms with Gasteiger partial charge in [-0.3, -0.25) is 4.79 Å². The molecule has 0 unspecified atom stereocenters. The smallest absolute Gasteiger partial charge is 0.239 e. The van der Waals surface area contributed by atoms with E-state index in [1.165, 1.54) is 13.1 Å². The zero-order valence-electron chi connectivity index (χ0n) is 7.60. The average molecular weight is 261 g/mol. The molecule has 5 heteroatoms. The molecular formula is C9H10BrFN2O. The Morgan fingerprint density at radius 2 is 2.29 bits per heavy atom. The second-order valence-corrected chi connectivity index (χ2v) is 3.57. The topological polar surface area (TPSA) is 41.1 Å². The van der Waals surface area contributed by atoms with E-state index in [1.807, 2.05) is 0 Å². The first kappa shape index (κ1) is 11.0. The van der Waals surface area contributed by atoms with Gasteiger partial charge in [0.15, 0.2) is 0 Å². The summed E-state index contributed by atoms with van der Waals surface area (Å²) < 4.78 is 13.8. The Hall–Kier alpha value is -1.10. The van der Waals surface area contributed by atoms with Crippen molar-refractivity contribution in [3.8, 4) is 0 Å². The van der Waals surface area contributed by atoms with E-state index in [9.17, 15) is 9.18 Å². The minimum atomic E-state index is -0.386. The molecule has 0 radical (unpaired) electrons. The molecule has 76 valence electrons. The number of carbonyl (C=O) groups excluding carboxylic acids is 1. The van der Waals surface area contributed by atoms with Crippen LogP contribution >= 0.6 is 15.9 Å². The number of anilines is 1. The Balaban J connectivity index is 2.63. The molecule has 0 aliphatic rings. The van der Waals surface area contributed by atoms with Crippen LogP contribution in [0.1, 0.15) is 0 Å². The van der Waals surface area contributed by atoms with Crippen LogP contribution in [0.2, 0.25) is 0 Å². The number of hydrogen-bond acceptors (Lipinski definition) is 2. The average Bonchev–Trinajstić information content (AvgIpc) is 2.16. The van der Waals surface area contributed by atoms with Gasteiger partial charge in [-0.25, -0.2) is 4.39 Å². The molecule has 0 aliphatic heterocycles. The van der Waals surface area contributed by atoms with Gasteiger partial charge in [0.05, 0.1) is 12.2 Å². The Morgan fingerprint density at radius 1 is 1.57 bits per heavy atom. The van der Waals surface area contributed by atoms with Crippen molar-refractivity contribution in [3.05, 3.63) is 28.5 Å². The lowest BCUT2D eigenvalue weighted by Gasteiger charge is -2.06. The van der Waals surface area contributed by atoms with Crippen LogP contribution in [0, 0.1) is 5.82 Å². The molecule has 0 aromatic heterocycles. The third-order valence-corrected chi connectivity index (χ3v) is 2.14. The van der Waals surface area contributed by atoms with Gasteiger partial charge in [0.1, 0.15) is 5.82 Å². The molecule has 0 saturated heterocycles. The molecule has 0 spiro atoms. The second kappa shape index (κ2) is 4.95. The minimum absolute atomic E-state index is 0.0645. The maximum atomic E-state index is 13.2.